The number of nitrogens with zero attached hydrogens (tertiary/aromatic N) is 1. The van der Waals surface area contributed by atoms with Gasteiger partial charge in [-0.15, -0.1) is 0 Å². The van der Waals surface area contributed by atoms with Crippen LogP contribution in [0.1, 0.15) is 104 Å². The maximum Gasteiger partial charge on any atom is 0.0689 e. The molecule has 2 aliphatic rings. The van der Waals surface area contributed by atoms with Gasteiger partial charge in [0.15, 0.2) is 0 Å². The minimum atomic E-state index is -0.00658. The zero-order valence-corrected chi connectivity index (χ0v) is 16.2. The molecule has 0 unspecified atom stereocenters. The van der Waals surface area contributed by atoms with E-state index in [4.69, 9.17) is 0 Å². The van der Waals surface area contributed by atoms with Crippen LogP contribution in [0, 0.1) is 34.5 Å². The molecule has 0 heterocycles. The molecule has 136 valence electrons. The van der Waals surface area contributed by atoms with E-state index in [0.29, 0.717) is 0 Å². The van der Waals surface area contributed by atoms with Gasteiger partial charge in [-0.1, -0.05) is 57.6 Å². The molecule has 0 bridgehead atoms. The average Bonchev–Trinajstić information content (AvgIpc) is 2.63. The third-order valence-corrected chi connectivity index (χ3v) is 7.02. The number of unbranched alkanes of at least 4 members (excludes halogenated alkanes) is 2. The van der Waals surface area contributed by atoms with E-state index in [1.165, 1.54) is 64.2 Å². The Morgan fingerprint density at radius 2 is 1.67 bits per heavy atom. The highest BCUT2D eigenvalue weighted by molar-refractivity contribution is 5.03. The molecule has 2 rings (SSSR count). The second-order valence-electron chi connectivity index (χ2n) is 8.61. The van der Waals surface area contributed by atoms with Crippen molar-refractivity contribution in [3.63, 3.8) is 0 Å². The monoisotopic (exact) mass is 329 g/mol. The van der Waals surface area contributed by atoms with Gasteiger partial charge in [-0.05, 0) is 76.0 Å². The van der Waals surface area contributed by atoms with Crippen LogP contribution in [-0.4, -0.2) is 0 Å². The van der Waals surface area contributed by atoms with E-state index in [0.717, 1.165) is 43.4 Å². The number of hydrogen-bond donors (Lipinski definition) is 0. The van der Waals surface area contributed by atoms with Gasteiger partial charge >= 0.3 is 0 Å². The van der Waals surface area contributed by atoms with Crippen molar-refractivity contribution >= 4 is 0 Å². The van der Waals surface area contributed by atoms with E-state index >= 15 is 0 Å². The lowest BCUT2D eigenvalue weighted by Crippen LogP contribution is -2.31. The lowest BCUT2D eigenvalue weighted by Gasteiger charge is -2.40. The fourth-order valence-corrected chi connectivity index (χ4v) is 5.24. The zero-order chi connectivity index (χ0) is 17.3. The van der Waals surface area contributed by atoms with Crippen LogP contribution < -0.4 is 0 Å². The summed E-state index contributed by atoms with van der Waals surface area (Å²) in [5.74, 6) is 2.92. The minimum absolute atomic E-state index is 0.00658. The summed E-state index contributed by atoms with van der Waals surface area (Å²) in [6.45, 7) is 4.38. The standard InChI is InChI=1S/C23H39N/c1-3-5-7-9-20-10-12-21(13-11-20)22-14-17-23(19-24,18-15-22)16-8-6-4-2/h4,6,20-22H,3,5,7-18H2,1-2H3/b6-4-. The second kappa shape index (κ2) is 10.3. The van der Waals surface area contributed by atoms with Crippen LogP contribution in [-0.2, 0) is 0 Å². The Kier molecular flexibility index (Phi) is 8.37. The van der Waals surface area contributed by atoms with E-state index in [-0.39, 0.29) is 5.41 Å². The van der Waals surface area contributed by atoms with Crippen molar-refractivity contribution in [3.05, 3.63) is 12.2 Å². The van der Waals surface area contributed by atoms with E-state index in [2.05, 4.69) is 32.1 Å². The summed E-state index contributed by atoms with van der Waals surface area (Å²) < 4.78 is 0. The molecule has 2 saturated carbocycles. The maximum atomic E-state index is 9.70. The van der Waals surface area contributed by atoms with Gasteiger partial charge in [0.05, 0.1) is 11.5 Å². The van der Waals surface area contributed by atoms with Crippen molar-refractivity contribution in [2.45, 2.75) is 104 Å². The molecule has 1 heteroatoms. The summed E-state index contributed by atoms with van der Waals surface area (Å²) in [6.07, 6.45) is 23.1. The Hall–Kier alpha value is -0.770. The molecule has 1 nitrogen and oxygen atoms in total. The van der Waals surface area contributed by atoms with Gasteiger partial charge in [0.1, 0.15) is 0 Å². The van der Waals surface area contributed by atoms with Gasteiger partial charge < -0.3 is 0 Å². The van der Waals surface area contributed by atoms with Gasteiger partial charge in [0.25, 0.3) is 0 Å². The lowest BCUT2D eigenvalue weighted by molar-refractivity contribution is 0.116. The first-order valence-corrected chi connectivity index (χ1v) is 10.8. The molecule has 0 N–H and O–H groups in total. The van der Waals surface area contributed by atoms with Crippen molar-refractivity contribution < 1.29 is 0 Å². The van der Waals surface area contributed by atoms with Crippen LogP contribution in [0.4, 0.5) is 0 Å². The average molecular weight is 330 g/mol. The molecule has 0 amide bonds. The minimum Gasteiger partial charge on any atom is -0.198 e. The third kappa shape index (κ3) is 5.65. The van der Waals surface area contributed by atoms with E-state index < -0.39 is 0 Å². The molecule has 0 saturated heterocycles. The predicted octanol–water partition coefficient (Wildman–Crippen LogP) is 7.43. The lowest BCUT2D eigenvalue weighted by atomic mass is 9.63. The maximum absolute atomic E-state index is 9.70. The normalized spacial score (nSPS) is 34.3. The third-order valence-electron chi connectivity index (χ3n) is 7.02. The largest absolute Gasteiger partial charge is 0.198 e. The molecule has 0 aromatic carbocycles. The Morgan fingerprint density at radius 3 is 2.25 bits per heavy atom. The van der Waals surface area contributed by atoms with E-state index in [9.17, 15) is 5.26 Å². The van der Waals surface area contributed by atoms with E-state index in [1.54, 1.807) is 0 Å². The Bertz CT molecular complexity index is 400. The van der Waals surface area contributed by atoms with E-state index in [1.807, 2.05) is 0 Å². The fourth-order valence-electron chi connectivity index (χ4n) is 5.24. The summed E-state index contributed by atoms with van der Waals surface area (Å²) >= 11 is 0. The first kappa shape index (κ1) is 19.6. The molecule has 24 heavy (non-hydrogen) atoms. The summed E-state index contributed by atoms with van der Waals surface area (Å²) in [6, 6.07) is 2.70. The molecule has 2 aliphatic carbocycles. The fraction of sp³-hybridized carbons (Fsp3) is 0.870. The summed E-state index contributed by atoms with van der Waals surface area (Å²) in [5, 5.41) is 9.70. The van der Waals surface area contributed by atoms with Crippen molar-refractivity contribution in [2.24, 2.45) is 23.2 Å². The van der Waals surface area contributed by atoms with Crippen molar-refractivity contribution in [3.8, 4) is 6.07 Å². The van der Waals surface area contributed by atoms with Crippen molar-refractivity contribution in [1.29, 1.82) is 5.26 Å². The number of rotatable bonds is 8. The quantitative estimate of drug-likeness (QED) is 0.335. The summed E-state index contributed by atoms with van der Waals surface area (Å²) in [4.78, 5) is 0. The molecule has 2 fully saturated rings. The Balaban J connectivity index is 1.72. The molecule has 0 aliphatic heterocycles. The van der Waals surface area contributed by atoms with Gasteiger partial charge in [-0.3, -0.25) is 0 Å². The van der Waals surface area contributed by atoms with Crippen LogP contribution in [0.15, 0.2) is 12.2 Å². The second-order valence-corrected chi connectivity index (χ2v) is 8.61. The molecular formula is C23H39N. The Morgan fingerprint density at radius 1 is 1.00 bits per heavy atom. The molecule has 0 aromatic rings. The topological polar surface area (TPSA) is 23.8 Å². The number of allylic oxidation sites excluding steroid dienone is 2. The molecule has 0 atom stereocenters. The van der Waals surface area contributed by atoms with Gasteiger partial charge in [-0.25, -0.2) is 0 Å². The first-order chi connectivity index (χ1) is 11.7. The van der Waals surface area contributed by atoms with Crippen LogP contribution in [0.2, 0.25) is 0 Å². The molecular weight excluding hydrogens is 290 g/mol. The highest BCUT2D eigenvalue weighted by atomic mass is 14.4. The number of hydrogen-bond acceptors (Lipinski definition) is 1. The highest BCUT2D eigenvalue weighted by Crippen LogP contribution is 2.47. The molecule has 0 aromatic heterocycles. The van der Waals surface area contributed by atoms with Crippen LogP contribution in [0.3, 0.4) is 0 Å². The molecule has 0 radical (unpaired) electrons. The predicted molar refractivity (Wildman–Crippen MR) is 104 cm³/mol. The molecule has 0 spiro atoms. The Labute approximate surface area is 150 Å². The van der Waals surface area contributed by atoms with Gasteiger partial charge in [-0.2, -0.15) is 5.26 Å². The summed E-state index contributed by atoms with van der Waals surface area (Å²) in [7, 11) is 0. The van der Waals surface area contributed by atoms with Gasteiger partial charge in [0, 0.05) is 0 Å². The van der Waals surface area contributed by atoms with Crippen molar-refractivity contribution in [1.82, 2.24) is 0 Å². The zero-order valence-electron chi connectivity index (χ0n) is 16.2. The number of nitriles is 1. The first-order valence-electron chi connectivity index (χ1n) is 10.8. The summed E-state index contributed by atoms with van der Waals surface area (Å²) in [5.41, 5.74) is -0.00658. The van der Waals surface area contributed by atoms with Crippen molar-refractivity contribution in [2.75, 3.05) is 0 Å². The van der Waals surface area contributed by atoms with Crippen LogP contribution in [0.5, 0.6) is 0 Å². The highest BCUT2D eigenvalue weighted by Gasteiger charge is 2.38. The van der Waals surface area contributed by atoms with Gasteiger partial charge in [0.2, 0.25) is 0 Å². The SMILES string of the molecule is C/C=C\CCC1(C#N)CCC(C2CCC(CCCCC)CC2)CC1. The van der Waals surface area contributed by atoms with Crippen LogP contribution >= 0.6 is 0 Å². The smallest absolute Gasteiger partial charge is 0.0689 e. The van der Waals surface area contributed by atoms with Crippen LogP contribution in [0.25, 0.3) is 0 Å².